The Bertz CT molecular complexity index is 858. The Morgan fingerprint density at radius 1 is 1.00 bits per heavy atom. The summed E-state index contributed by atoms with van der Waals surface area (Å²) in [4.78, 5) is 12.3. The van der Waals surface area contributed by atoms with Crippen molar-refractivity contribution in [1.82, 2.24) is 9.97 Å². The highest BCUT2D eigenvalue weighted by atomic mass is 15.3. The molecule has 0 aliphatic carbocycles. The molecule has 3 heteroatoms. The van der Waals surface area contributed by atoms with E-state index >= 15 is 0 Å². The maximum absolute atomic E-state index is 5.00. The SMILES string of the molecule is Cc1ccc2nc(N3CCCC[C@H]3C)nc(-c3ccccc3)c2c1. The van der Waals surface area contributed by atoms with Crippen molar-refractivity contribution >= 4 is 16.9 Å². The van der Waals surface area contributed by atoms with Crippen LogP contribution in [0.2, 0.25) is 0 Å². The third-order valence-electron chi connectivity index (χ3n) is 4.95. The van der Waals surface area contributed by atoms with Gasteiger partial charge in [0.1, 0.15) is 0 Å². The number of fused-ring (bicyclic) bond motifs is 1. The van der Waals surface area contributed by atoms with E-state index in [0.29, 0.717) is 6.04 Å². The van der Waals surface area contributed by atoms with E-state index in [1.54, 1.807) is 0 Å². The van der Waals surface area contributed by atoms with E-state index in [9.17, 15) is 0 Å². The van der Waals surface area contributed by atoms with E-state index in [1.807, 2.05) is 6.07 Å². The molecule has 0 N–H and O–H groups in total. The number of aryl methyl sites for hydroxylation is 1. The molecule has 0 spiro atoms. The lowest BCUT2D eigenvalue weighted by Crippen LogP contribution is -2.38. The lowest BCUT2D eigenvalue weighted by Gasteiger charge is -2.33. The van der Waals surface area contributed by atoms with Crippen molar-refractivity contribution in [3.05, 3.63) is 54.1 Å². The largest absolute Gasteiger partial charge is 0.338 e. The third-order valence-corrected chi connectivity index (χ3v) is 4.95. The molecule has 1 atom stereocenters. The molecule has 0 saturated carbocycles. The summed E-state index contributed by atoms with van der Waals surface area (Å²) in [6.45, 7) is 5.45. The Morgan fingerprint density at radius 3 is 2.62 bits per heavy atom. The Kier molecular flexibility index (Phi) is 3.93. The van der Waals surface area contributed by atoms with Crippen LogP contribution in [-0.2, 0) is 0 Å². The van der Waals surface area contributed by atoms with Gasteiger partial charge in [0.2, 0.25) is 5.95 Å². The van der Waals surface area contributed by atoms with Crippen molar-refractivity contribution in [2.24, 2.45) is 0 Å². The maximum atomic E-state index is 5.00. The van der Waals surface area contributed by atoms with Crippen LogP contribution in [0.15, 0.2) is 48.5 Å². The van der Waals surface area contributed by atoms with Gasteiger partial charge in [0.25, 0.3) is 0 Å². The molecule has 1 fully saturated rings. The first kappa shape index (κ1) is 15.1. The molecule has 0 bridgehead atoms. The van der Waals surface area contributed by atoms with Crippen LogP contribution in [0.25, 0.3) is 22.2 Å². The molecule has 1 aromatic heterocycles. The minimum atomic E-state index is 0.505. The topological polar surface area (TPSA) is 29.0 Å². The molecule has 2 heterocycles. The number of rotatable bonds is 2. The predicted octanol–water partition coefficient (Wildman–Crippen LogP) is 4.98. The zero-order valence-electron chi connectivity index (χ0n) is 14.4. The summed E-state index contributed by atoms with van der Waals surface area (Å²) in [5.41, 5.74) is 4.46. The van der Waals surface area contributed by atoms with Gasteiger partial charge >= 0.3 is 0 Å². The quantitative estimate of drug-likeness (QED) is 0.667. The van der Waals surface area contributed by atoms with E-state index in [-0.39, 0.29) is 0 Å². The average Bonchev–Trinajstić information content (AvgIpc) is 2.62. The van der Waals surface area contributed by atoms with Crippen molar-refractivity contribution in [2.75, 3.05) is 11.4 Å². The van der Waals surface area contributed by atoms with E-state index in [0.717, 1.165) is 34.7 Å². The number of benzene rings is 2. The van der Waals surface area contributed by atoms with Gasteiger partial charge in [0.05, 0.1) is 11.2 Å². The van der Waals surface area contributed by atoms with Crippen LogP contribution in [0.4, 0.5) is 5.95 Å². The van der Waals surface area contributed by atoms with Crippen molar-refractivity contribution in [1.29, 1.82) is 0 Å². The Hall–Kier alpha value is -2.42. The fraction of sp³-hybridized carbons (Fsp3) is 0.333. The fourth-order valence-corrected chi connectivity index (χ4v) is 3.57. The lowest BCUT2D eigenvalue weighted by atomic mass is 10.0. The Morgan fingerprint density at radius 2 is 1.83 bits per heavy atom. The van der Waals surface area contributed by atoms with Crippen LogP contribution in [0.1, 0.15) is 31.7 Å². The molecule has 0 radical (unpaired) electrons. The van der Waals surface area contributed by atoms with Crippen LogP contribution in [0, 0.1) is 6.92 Å². The van der Waals surface area contributed by atoms with Gasteiger partial charge in [-0.2, -0.15) is 0 Å². The minimum Gasteiger partial charge on any atom is -0.338 e. The summed E-state index contributed by atoms with van der Waals surface area (Å²) in [6, 6.07) is 17.4. The van der Waals surface area contributed by atoms with E-state index in [1.165, 1.54) is 24.8 Å². The van der Waals surface area contributed by atoms with E-state index in [2.05, 4.69) is 61.2 Å². The average molecular weight is 317 g/mol. The second-order valence-corrected chi connectivity index (χ2v) is 6.80. The van der Waals surface area contributed by atoms with Gasteiger partial charge in [0.15, 0.2) is 0 Å². The van der Waals surface area contributed by atoms with Crippen LogP contribution >= 0.6 is 0 Å². The van der Waals surface area contributed by atoms with E-state index < -0.39 is 0 Å². The molecule has 1 saturated heterocycles. The van der Waals surface area contributed by atoms with Gasteiger partial charge < -0.3 is 4.90 Å². The summed E-state index contributed by atoms with van der Waals surface area (Å²) >= 11 is 0. The standard InChI is InChI=1S/C21H23N3/c1-15-11-12-19-18(14-15)20(17-9-4-3-5-10-17)23-21(22-19)24-13-7-6-8-16(24)2/h3-5,9-12,14,16H,6-8,13H2,1-2H3/t16-/m1/s1. The summed E-state index contributed by atoms with van der Waals surface area (Å²) in [5, 5.41) is 1.13. The summed E-state index contributed by atoms with van der Waals surface area (Å²) in [7, 11) is 0. The lowest BCUT2D eigenvalue weighted by molar-refractivity contribution is 0.478. The molecule has 3 aromatic rings. The first-order chi connectivity index (χ1) is 11.7. The molecule has 24 heavy (non-hydrogen) atoms. The number of nitrogens with zero attached hydrogens (tertiary/aromatic N) is 3. The normalized spacial score (nSPS) is 18.1. The molecule has 1 aliphatic heterocycles. The third kappa shape index (κ3) is 2.75. The number of piperidine rings is 1. The summed E-state index contributed by atoms with van der Waals surface area (Å²) in [6.07, 6.45) is 3.74. The van der Waals surface area contributed by atoms with Crippen LogP contribution in [0.5, 0.6) is 0 Å². The second kappa shape index (κ2) is 6.23. The van der Waals surface area contributed by atoms with Crippen LogP contribution in [-0.4, -0.2) is 22.6 Å². The smallest absolute Gasteiger partial charge is 0.226 e. The van der Waals surface area contributed by atoms with Crippen LogP contribution < -0.4 is 4.90 Å². The molecule has 1 aliphatic rings. The first-order valence-corrected chi connectivity index (χ1v) is 8.83. The second-order valence-electron chi connectivity index (χ2n) is 6.80. The predicted molar refractivity (Wildman–Crippen MR) is 100 cm³/mol. The van der Waals surface area contributed by atoms with Crippen molar-refractivity contribution < 1.29 is 0 Å². The molecule has 2 aromatic carbocycles. The molecule has 0 unspecified atom stereocenters. The molecule has 3 nitrogen and oxygen atoms in total. The van der Waals surface area contributed by atoms with Crippen molar-refractivity contribution in [3.8, 4) is 11.3 Å². The first-order valence-electron chi connectivity index (χ1n) is 8.83. The van der Waals surface area contributed by atoms with E-state index in [4.69, 9.17) is 9.97 Å². The summed E-state index contributed by atoms with van der Waals surface area (Å²) in [5.74, 6) is 0.873. The van der Waals surface area contributed by atoms with Gasteiger partial charge in [-0.05, 0) is 45.2 Å². The Labute approximate surface area is 143 Å². The monoisotopic (exact) mass is 317 g/mol. The number of aromatic nitrogens is 2. The van der Waals surface area contributed by atoms with Gasteiger partial charge in [0, 0.05) is 23.5 Å². The summed E-state index contributed by atoms with van der Waals surface area (Å²) < 4.78 is 0. The highest BCUT2D eigenvalue weighted by Gasteiger charge is 2.22. The number of anilines is 1. The van der Waals surface area contributed by atoms with Crippen molar-refractivity contribution in [2.45, 2.75) is 39.2 Å². The van der Waals surface area contributed by atoms with Crippen molar-refractivity contribution in [3.63, 3.8) is 0 Å². The maximum Gasteiger partial charge on any atom is 0.226 e. The molecule has 122 valence electrons. The number of hydrogen-bond acceptors (Lipinski definition) is 3. The molecule has 0 amide bonds. The molecular weight excluding hydrogens is 294 g/mol. The number of hydrogen-bond donors (Lipinski definition) is 0. The molecule has 4 rings (SSSR count). The minimum absolute atomic E-state index is 0.505. The highest BCUT2D eigenvalue weighted by molar-refractivity contribution is 5.93. The van der Waals surface area contributed by atoms with Gasteiger partial charge in [-0.3, -0.25) is 0 Å². The molecular formula is C21H23N3. The fourth-order valence-electron chi connectivity index (χ4n) is 3.57. The zero-order valence-corrected chi connectivity index (χ0v) is 14.4. The highest BCUT2D eigenvalue weighted by Crippen LogP contribution is 2.30. The van der Waals surface area contributed by atoms with Gasteiger partial charge in [-0.15, -0.1) is 0 Å². The van der Waals surface area contributed by atoms with Crippen LogP contribution in [0.3, 0.4) is 0 Å². The van der Waals surface area contributed by atoms with Gasteiger partial charge in [-0.25, -0.2) is 9.97 Å². The Balaban J connectivity index is 1.92. The van der Waals surface area contributed by atoms with Gasteiger partial charge in [-0.1, -0.05) is 42.0 Å². The zero-order chi connectivity index (χ0) is 16.5.